The normalized spacial score (nSPS) is 20.0. The number of aliphatic hydroxyl groups excluding tert-OH is 1. The zero-order valence-electron chi connectivity index (χ0n) is 21.3. The van der Waals surface area contributed by atoms with Gasteiger partial charge < -0.3 is 20.6 Å². The summed E-state index contributed by atoms with van der Waals surface area (Å²) in [6.45, 7) is 0.773. The summed E-state index contributed by atoms with van der Waals surface area (Å²) in [5, 5.41) is 17.5. The quantitative estimate of drug-likeness (QED) is 0.285. The predicted molar refractivity (Wildman–Crippen MR) is 152 cm³/mol. The van der Waals surface area contributed by atoms with Crippen LogP contribution in [0.2, 0.25) is 0 Å². The van der Waals surface area contributed by atoms with Crippen LogP contribution < -0.4 is 15.5 Å². The van der Waals surface area contributed by atoms with E-state index in [9.17, 15) is 9.90 Å². The van der Waals surface area contributed by atoms with Crippen LogP contribution in [-0.4, -0.2) is 44.7 Å². The number of aromatic nitrogens is 3. The molecule has 1 aliphatic heterocycles. The molecule has 0 unspecified atom stereocenters. The molecule has 38 heavy (non-hydrogen) atoms. The van der Waals surface area contributed by atoms with E-state index >= 15 is 0 Å². The van der Waals surface area contributed by atoms with E-state index in [1.54, 1.807) is 11.3 Å². The van der Waals surface area contributed by atoms with Crippen LogP contribution in [-0.2, 0) is 11.2 Å². The van der Waals surface area contributed by atoms with Crippen molar-refractivity contribution in [3.05, 3.63) is 65.9 Å². The molecule has 3 heterocycles. The average molecular weight is 529 g/mol. The second-order valence-corrected chi connectivity index (χ2v) is 11.2. The first-order chi connectivity index (χ1) is 18.6. The van der Waals surface area contributed by atoms with Gasteiger partial charge in [-0.25, -0.2) is 9.97 Å². The number of rotatable bonds is 7. The number of nitrogens with zero attached hydrogens (tertiary/aromatic N) is 4. The van der Waals surface area contributed by atoms with E-state index in [1.165, 1.54) is 5.56 Å². The molecule has 8 nitrogen and oxygen atoms in total. The summed E-state index contributed by atoms with van der Waals surface area (Å²) >= 11 is 1.55. The lowest BCUT2D eigenvalue weighted by molar-refractivity contribution is -0.119. The minimum absolute atomic E-state index is 0.192. The highest BCUT2D eigenvalue weighted by Gasteiger charge is 2.22. The van der Waals surface area contributed by atoms with E-state index in [0.717, 1.165) is 71.8 Å². The zero-order valence-corrected chi connectivity index (χ0v) is 22.1. The molecule has 0 spiro atoms. The number of hydrogen-bond acceptors (Lipinski definition) is 8. The Balaban J connectivity index is 1.25. The van der Waals surface area contributed by atoms with Crippen LogP contribution in [0.15, 0.2) is 54.6 Å². The van der Waals surface area contributed by atoms with Gasteiger partial charge in [0.05, 0.1) is 22.0 Å². The van der Waals surface area contributed by atoms with Gasteiger partial charge in [0.15, 0.2) is 5.13 Å². The minimum Gasteiger partial charge on any atom is -0.393 e. The van der Waals surface area contributed by atoms with Crippen molar-refractivity contribution < 1.29 is 9.90 Å². The summed E-state index contributed by atoms with van der Waals surface area (Å²) in [7, 11) is 0. The second kappa shape index (κ2) is 11.0. The molecule has 0 bridgehead atoms. The number of hydrogen-bond donors (Lipinski definition) is 3. The molecule has 1 saturated carbocycles. The van der Waals surface area contributed by atoms with Crippen LogP contribution in [0.3, 0.4) is 0 Å². The third-order valence-corrected chi connectivity index (χ3v) is 8.21. The number of thiazole rings is 1. The van der Waals surface area contributed by atoms with Crippen molar-refractivity contribution in [2.24, 2.45) is 0 Å². The number of nitrogens with one attached hydrogen (secondary N) is 2. The Morgan fingerprint density at radius 3 is 2.63 bits per heavy atom. The maximum atomic E-state index is 12.4. The van der Waals surface area contributed by atoms with E-state index in [4.69, 9.17) is 15.0 Å². The summed E-state index contributed by atoms with van der Waals surface area (Å²) < 4.78 is 1.03. The lowest BCUT2D eigenvalue weighted by Gasteiger charge is -2.26. The van der Waals surface area contributed by atoms with Crippen molar-refractivity contribution in [1.82, 2.24) is 15.0 Å². The number of carbonyl (C=O) groups excluding carboxylic acids is 1. The minimum atomic E-state index is -0.205. The van der Waals surface area contributed by atoms with Crippen molar-refractivity contribution in [3.8, 4) is 0 Å². The number of benzene rings is 2. The van der Waals surface area contributed by atoms with Gasteiger partial charge in [0.1, 0.15) is 5.82 Å². The molecule has 2 aromatic heterocycles. The molecule has 4 aromatic rings. The summed E-state index contributed by atoms with van der Waals surface area (Å²) in [4.78, 5) is 28.7. The standard InChI is InChI=1S/C29H32N6O2S/c36-23-12-9-20(10-13-23)30-28-31-21(16-19-6-2-1-3-7-19)17-26(33-28)34-29-32-24-14-11-22(18-25(24)38-29)35-15-5-4-8-27(35)37/h1-3,6-7,11,14,17-18,20,23,36H,4-5,8-10,12-13,15-16H2,(H2,30,31,32,33,34). The van der Waals surface area contributed by atoms with Crippen molar-refractivity contribution in [2.75, 3.05) is 22.1 Å². The van der Waals surface area contributed by atoms with Crippen LogP contribution in [0.5, 0.6) is 0 Å². The van der Waals surface area contributed by atoms with E-state index in [0.29, 0.717) is 24.6 Å². The van der Waals surface area contributed by atoms with Gasteiger partial charge in [-0.15, -0.1) is 0 Å². The van der Waals surface area contributed by atoms with Crippen molar-refractivity contribution >= 4 is 50.0 Å². The van der Waals surface area contributed by atoms with Crippen LogP contribution in [0.4, 0.5) is 22.6 Å². The Labute approximate surface area is 226 Å². The van der Waals surface area contributed by atoms with E-state index in [1.807, 2.05) is 41.3 Å². The zero-order chi connectivity index (χ0) is 25.9. The Morgan fingerprint density at radius 1 is 0.974 bits per heavy atom. The fraction of sp³-hybridized carbons (Fsp3) is 0.379. The highest BCUT2D eigenvalue weighted by molar-refractivity contribution is 7.22. The van der Waals surface area contributed by atoms with Gasteiger partial charge in [0, 0.05) is 37.2 Å². The molecule has 1 saturated heterocycles. The first kappa shape index (κ1) is 24.8. The van der Waals surface area contributed by atoms with Crippen LogP contribution in [0.1, 0.15) is 56.2 Å². The first-order valence-electron chi connectivity index (χ1n) is 13.4. The number of amides is 1. The topological polar surface area (TPSA) is 103 Å². The van der Waals surface area contributed by atoms with Gasteiger partial charge in [0.2, 0.25) is 11.9 Å². The number of carbonyl (C=O) groups is 1. The Kier molecular flexibility index (Phi) is 7.20. The number of aliphatic hydroxyl groups is 1. The van der Waals surface area contributed by atoms with Gasteiger partial charge in [-0.1, -0.05) is 41.7 Å². The number of fused-ring (bicyclic) bond motifs is 1. The van der Waals surface area contributed by atoms with Gasteiger partial charge >= 0.3 is 0 Å². The smallest absolute Gasteiger partial charge is 0.226 e. The lowest BCUT2D eigenvalue weighted by Crippen LogP contribution is -2.35. The van der Waals surface area contributed by atoms with Crippen LogP contribution >= 0.6 is 11.3 Å². The Bertz CT molecular complexity index is 1420. The van der Waals surface area contributed by atoms with Gasteiger partial charge in [-0.05, 0) is 62.3 Å². The molecule has 1 amide bonds. The monoisotopic (exact) mass is 528 g/mol. The third kappa shape index (κ3) is 5.79. The van der Waals surface area contributed by atoms with Crippen LogP contribution in [0.25, 0.3) is 10.2 Å². The molecule has 1 aliphatic carbocycles. The van der Waals surface area contributed by atoms with Crippen molar-refractivity contribution in [1.29, 1.82) is 0 Å². The maximum Gasteiger partial charge on any atom is 0.226 e. The second-order valence-electron chi connectivity index (χ2n) is 10.2. The SMILES string of the molecule is O=C1CCCCN1c1ccc2nc(Nc3cc(Cc4ccccc4)nc(NC4CCC(O)CC4)n3)sc2c1. The first-order valence-corrected chi connectivity index (χ1v) is 14.3. The van der Waals surface area contributed by atoms with E-state index in [-0.39, 0.29) is 18.1 Å². The number of piperidine rings is 1. The highest BCUT2D eigenvalue weighted by Crippen LogP contribution is 2.33. The number of anilines is 4. The van der Waals surface area contributed by atoms with Crippen molar-refractivity contribution in [2.45, 2.75) is 63.5 Å². The molecular formula is C29H32N6O2S. The summed E-state index contributed by atoms with van der Waals surface area (Å²) in [6, 6.07) is 18.5. The molecule has 2 fully saturated rings. The highest BCUT2D eigenvalue weighted by atomic mass is 32.1. The maximum absolute atomic E-state index is 12.4. The van der Waals surface area contributed by atoms with Gasteiger partial charge in [-0.3, -0.25) is 4.79 Å². The molecular weight excluding hydrogens is 496 g/mol. The van der Waals surface area contributed by atoms with Crippen molar-refractivity contribution in [3.63, 3.8) is 0 Å². The third-order valence-electron chi connectivity index (χ3n) is 7.28. The molecule has 0 radical (unpaired) electrons. The average Bonchev–Trinajstić information content (AvgIpc) is 3.32. The molecule has 3 N–H and O–H groups in total. The summed E-state index contributed by atoms with van der Waals surface area (Å²) in [6.07, 6.45) is 6.50. The van der Waals surface area contributed by atoms with E-state index < -0.39 is 0 Å². The summed E-state index contributed by atoms with van der Waals surface area (Å²) in [5.74, 6) is 1.47. The van der Waals surface area contributed by atoms with E-state index in [2.05, 4.69) is 28.8 Å². The fourth-order valence-corrected chi connectivity index (χ4v) is 6.15. The lowest BCUT2D eigenvalue weighted by atomic mass is 9.93. The molecule has 2 aromatic carbocycles. The molecule has 2 aliphatic rings. The summed E-state index contributed by atoms with van der Waals surface area (Å²) in [5.41, 5.74) is 3.93. The molecule has 6 rings (SSSR count). The van der Waals surface area contributed by atoms with Gasteiger partial charge in [-0.2, -0.15) is 4.98 Å². The van der Waals surface area contributed by atoms with Gasteiger partial charge in [0.25, 0.3) is 0 Å². The van der Waals surface area contributed by atoms with Crippen LogP contribution in [0, 0.1) is 0 Å². The molecule has 196 valence electrons. The molecule has 0 atom stereocenters. The predicted octanol–water partition coefficient (Wildman–Crippen LogP) is 5.65. The fourth-order valence-electron chi connectivity index (χ4n) is 5.25. The Hall–Kier alpha value is -3.56. The largest absolute Gasteiger partial charge is 0.393 e. The molecule has 9 heteroatoms. The Morgan fingerprint density at radius 2 is 1.82 bits per heavy atom.